The van der Waals surface area contributed by atoms with Crippen molar-refractivity contribution >= 4 is 11.7 Å². The van der Waals surface area contributed by atoms with Crippen LogP contribution in [-0.4, -0.2) is 29.1 Å². The third kappa shape index (κ3) is 3.21. The van der Waals surface area contributed by atoms with Gasteiger partial charge in [0.2, 0.25) is 0 Å². The van der Waals surface area contributed by atoms with Gasteiger partial charge in [-0.05, 0) is 43.7 Å². The zero-order valence-corrected chi connectivity index (χ0v) is 12.3. The maximum absolute atomic E-state index is 8.64. The molecule has 1 fully saturated rings. The molecular formula is C15H24N4O. The number of nitrogens with zero attached hydrogens (tertiary/aromatic N) is 3. The van der Waals surface area contributed by atoms with E-state index in [-0.39, 0.29) is 5.84 Å². The average molecular weight is 276 g/mol. The van der Waals surface area contributed by atoms with Crippen LogP contribution in [0.3, 0.4) is 0 Å². The Morgan fingerprint density at radius 3 is 2.60 bits per heavy atom. The number of rotatable bonds is 4. The fourth-order valence-electron chi connectivity index (χ4n) is 2.93. The zero-order chi connectivity index (χ0) is 14.5. The molecule has 0 unspecified atom stereocenters. The Morgan fingerprint density at radius 2 is 2.10 bits per heavy atom. The lowest BCUT2D eigenvalue weighted by molar-refractivity contribution is 0.313. The lowest BCUT2D eigenvalue weighted by Crippen LogP contribution is -2.35. The molecule has 0 spiro atoms. The van der Waals surface area contributed by atoms with Gasteiger partial charge in [0, 0.05) is 24.8 Å². The summed E-state index contributed by atoms with van der Waals surface area (Å²) in [6.07, 6.45) is 8.04. The van der Waals surface area contributed by atoms with Crippen molar-refractivity contribution < 1.29 is 5.21 Å². The van der Waals surface area contributed by atoms with Gasteiger partial charge in [0.1, 0.15) is 5.82 Å². The number of aromatic nitrogens is 1. The number of pyridine rings is 1. The van der Waals surface area contributed by atoms with Gasteiger partial charge < -0.3 is 15.8 Å². The van der Waals surface area contributed by atoms with Crippen molar-refractivity contribution in [3.05, 3.63) is 23.9 Å². The van der Waals surface area contributed by atoms with Gasteiger partial charge in [-0.15, -0.1) is 0 Å². The van der Waals surface area contributed by atoms with Crippen molar-refractivity contribution in [1.29, 1.82) is 0 Å². The molecule has 5 heteroatoms. The Labute approximate surface area is 120 Å². The van der Waals surface area contributed by atoms with E-state index in [1.165, 1.54) is 32.1 Å². The minimum Gasteiger partial charge on any atom is -0.409 e. The van der Waals surface area contributed by atoms with Gasteiger partial charge in [0.15, 0.2) is 5.84 Å². The maximum atomic E-state index is 8.64. The summed E-state index contributed by atoms with van der Waals surface area (Å²) in [6.45, 7) is 2.28. The quantitative estimate of drug-likeness (QED) is 0.383. The normalized spacial score (nSPS) is 23.6. The van der Waals surface area contributed by atoms with Crippen LogP contribution in [0.4, 0.5) is 5.82 Å². The van der Waals surface area contributed by atoms with E-state index < -0.39 is 0 Å². The number of oxime groups is 1. The van der Waals surface area contributed by atoms with Crippen molar-refractivity contribution in [2.75, 3.05) is 11.9 Å². The molecule has 0 saturated heterocycles. The summed E-state index contributed by atoms with van der Waals surface area (Å²) in [6, 6.07) is 4.34. The molecule has 0 aliphatic heterocycles. The van der Waals surface area contributed by atoms with Crippen LogP contribution in [0.25, 0.3) is 0 Å². The molecule has 5 nitrogen and oxygen atoms in total. The van der Waals surface area contributed by atoms with E-state index >= 15 is 0 Å². The summed E-state index contributed by atoms with van der Waals surface area (Å²) in [5.74, 6) is 1.94. The second kappa shape index (κ2) is 6.59. The van der Waals surface area contributed by atoms with E-state index in [9.17, 15) is 0 Å². The molecule has 1 aromatic rings. The van der Waals surface area contributed by atoms with Crippen molar-refractivity contribution in [3.63, 3.8) is 0 Å². The van der Waals surface area contributed by atoms with Crippen LogP contribution >= 0.6 is 0 Å². The third-order valence-electron chi connectivity index (χ3n) is 4.45. The van der Waals surface area contributed by atoms with Crippen molar-refractivity contribution in [2.45, 2.75) is 45.1 Å². The third-order valence-corrected chi connectivity index (χ3v) is 4.45. The molecule has 1 aromatic heterocycles. The second-order valence-electron chi connectivity index (χ2n) is 5.58. The summed E-state index contributed by atoms with van der Waals surface area (Å²) >= 11 is 0. The Morgan fingerprint density at radius 1 is 1.40 bits per heavy atom. The first kappa shape index (κ1) is 14.6. The first-order valence-corrected chi connectivity index (χ1v) is 7.32. The molecule has 110 valence electrons. The van der Waals surface area contributed by atoms with E-state index in [0.717, 1.165) is 11.7 Å². The average Bonchev–Trinajstić information content (AvgIpc) is 2.53. The fourth-order valence-corrected chi connectivity index (χ4v) is 2.93. The van der Waals surface area contributed by atoms with E-state index in [0.29, 0.717) is 11.6 Å². The molecule has 1 aliphatic rings. The highest BCUT2D eigenvalue weighted by Crippen LogP contribution is 2.30. The predicted molar refractivity (Wildman–Crippen MR) is 81.2 cm³/mol. The molecule has 1 heterocycles. The molecule has 0 bridgehead atoms. The molecule has 2 rings (SSSR count). The minimum atomic E-state index is 0.0927. The summed E-state index contributed by atoms with van der Waals surface area (Å²) in [4.78, 5) is 6.67. The molecule has 0 aromatic carbocycles. The van der Waals surface area contributed by atoms with Crippen molar-refractivity contribution in [2.24, 2.45) is 16.8 Å². The van der Waals surface area contributed by atoms with Crippen LogP contribution in [0, 0.1) is 5.92 Å². The van der Waals surface area contributed by atoms with E-state index in [2.05, 4.69) is 29.0 Å². The lowest BCUT2D eigenvalue weighted by atomic mass is 9.84. The lowest BCUT2D eigenvalue weighted by Gasteiger charge is -2.35. The number of hydrogen-bond acceptors (Lipinski definition) is 4. The Hall–Kier alpha value is -1.78. The van der Waals surface area contributed by atoms with Gasteiger partial charge in [0.05, 0.1) is 0 Å². The first-order valence-electron chi connectivity index (χ1n) is 7.32. The predicted octanol–water partition coefficient (Wildman–Crippen LogP) is 2.58. The summed E-state index contributed by atoms with van der Waals surface area (Å²) < 4.78 is 0. The Kier molecular flexibility index (Phi) is 4.82. The Bertz CT molecular complexity index is 449. The number of hydrogen-bond donors (Lipinski definition) is 2. The van der Waals surface area contributed by atoms with E-state index in [1.807, 2.05) is 12.1 Å². The van der Waals surface area contributed by atoms with Gasteiger partial charge in [-0.25, -0.2) is 4.98 Å². The monoisotopic (exact) mass is 276 g/mol. The summed E-state index contributed by atoms with van der Waals surface area (Å²) in [5, 5.41) is 11.6. The first-order chi connectivity index (χ1) is 9.65. The molecule has 3 N–H and O–H groups in total. The van der Waals surface area contributed by atoms with Crippen molar-refractivity contribution in [1.82, 2.24) is 4.98 Å². The van der Waals surface area contributed by atoms with Crippen molar-refractivity contribution in [3.8, 4) is 0 Å². The van der Waals surface area contributed by atoms with E-state index in [1.54, 1.807) is 6.20 Å². The van der Waals surface area contributed by atoms with Gasteiger partial charge in [-0.2, -0.15) is 0 Å². The number of anilines is 1. The highest BCUT2D eigenvalue weighted by Gasteiger charge is 2.23. The van der Waals surface area contributed by atoms with Crippen LogP contribution < -0.4 is 10.6 Å². The fraction of sp³-hybridized carbons (Fsp3) is 0.600. The minimum absolute atomic E-state index is 0.0927. The highest BCUT2D eigenvalue weighted by molar-refractivity contribution is 5.96. The van der Waals surface area contributed by atoms with Gasteiger partial charge in [0.25, 0.3) is 0 Å². The molecular weight excluding hydrogens is 252 g/mol. The van der Waals surface area contributed by atoms with Crippen LogP contribution in [0.1, 0.15) is 44.6 Å². The molecule has 1 saturated carbocycles. The molecule has 0 atom stereocenters. The topological polar surface area (TPSA) is 74.7 Å². The number of amidine groups is 1. The largest absolute Gasteiger partial charge is 0.409 e. The van der Waals surface area contributed by atoms with Gasteiger partial charge in [-0.1, -0.05) is 18.5 Å². The maximum Gasteiger partial charge on any atom is 0.171 e. The SMILES string of the molecule is CCC1CCC(N(C)c2ccc(C(N)=NO)cn2)CC1. The molecule has 0 amide bonds. The molecule has 0 radical (unpaired) electrons. The Balaban J connectivity index is 2.01. The molecule has 1 aliphatic carbocycles. The van der Waals surface area contributed by atoms with Crippen LogP contribution in [-0.2, 0) is 0 Å². The number of nitrogens with two attached hydrogens (primary N) is 1. The van der Waals surface area contributed by atoms with Gasteiger partial charge in [-0.3, -0.25) is 0 Å². The van der Waals surface area contributed by atoms with Gasteiger partial charge >= 0.3 is 0 Å². The summed E-state index contributed by atoms with van der Waals surface area (Å²) in [5.41, 5.74) is 6.18. The highest BCUT2D eigenvalue weighted by atomic mass is 16.4. The molecule has 20 heavy (non-hydrogen) atoms. The standard InChI is InChI=1S/C15H24N4O/c1-3-11-4-7-13(8-5-11)19(2)14-9-6-12(10-17-14)15(16)18-20/h6,9-11,13,20H,3-5,7-8H2,1-2H3,(H2,16,18). The zero-order valence-electron chi connectivity index (χ0n) is 12.3. The second-order valence-corrected chi connectivity index (χ2v) is 5.58. The van der Waals surface area contributed by atoms with E-state index in [4.69, 9.17) is 10.9 Å². The summed E-state index contributed by atoms with van der Waals surface area (Å²) in [7, 11) is 2.10. The smallest absolute Gasteiger partial charge is 0.171 e. The van der Waals surface area contributed by atoms with Crippen LogP contribution in [0.2, 0.25) is 0 Å². The van der Waals surface area contributed by atoms with Crippen LogP contribution in [0.5, 0.6) is 0 Å². The van der Waals surface area contributed by atoms with Crippen LogP contribution in [0.15, 0.2) is 23.5 Å².